The summed E-state index contributed by atoms with van der Waals surface area (Å²) in [5.74, 6) is -1.38. The van der Waals surface area contributed by atoms with Gasteiger partial charge in [0, 0.05) is 31.8 Å². The maximum absolute atomic E-state index is 14.8. The summed E-state index contributed by atoms with van der Waals surface area (Å²) in [6, 6.07) is 11.6. The third-order valence-corrected chi connectivity index (χ3v) is 5.54. The summed E-state index contributed by atoms with van der Waals surface area (Å²) in [4.78, 5) is 14.5. The molecule has 1 N–H and O–H groups in total. The van der Waals surface area contributed by atoms with Crippen LogP contribution in [0.25, 0.3) is 0 Å². The number of amides is 1. The van der Waals surface area contributed by atoms with E-state index in [-0.39, 0.29) is 49.7 Å². The lowest BCUT2D eigenvalue weighted by Crippen LogP contribution is -2.59. The summed E-state index contributed by atoms with van der Waals surface area (Å²) >= 11 is 0. The summed E-state index contributed by atoms with van der Waals surface area (Å²) in [6.45, 7) is 7.22. The third kappa shape index (κ3) is 5.88. The molecule has 174 valence electrons. The first-order valence-electron chi connectivity index (χ1n) is 10.6. The molecule has 1 aliphatic heterocycles. The van der Waals surface area contributed by atoms with E-state index in [1.165, 1.54) is 4.90 Å². The van der Waals surface area contributed by atoms with E-state index in [0.29, 0.717) is 6.61 Å². The minimum Gasteiger partial charge on any atom is -0.491 e. The van der Waals surface area contributed by atoms with Crippen LogP contribution in [-0.2, 0) is 11.3 Å². The van der Waals surface area contributed by atoms with Gasteiger partial charge in [0.2, 0.25) is 0 Å². The van der Waals surface area contributed by atoms with E-state index in [2.05, 4.69) is 0 Å². The minimum absolute atomic E-state index is 0.0867. The van der Waals surface area contributed by atoms with Crippen molar-refractivity contribution in [2.45, 2.75) is 33.4 Å². The summed E-state index contributed by atoms with van der Waals surface area (Å²) < 4.78 is 40.7. The Morgan fingerprint density at radius 1 is 1.09 bits per heavy atom. The molecule has 1 unspecified atom stereocenters. The number of nitrogens with zero attached hydrogens (tertiary/aromatic N) is 2. The molecule has 0 aromatic heterocycles. The molecule has 0 spiro atoms. The third-order valence-electron chi connectivity index (χ3n) is 5.54. The van der Waals surface area contributed by atoms with Gasteiger partial charge in [0.1, 0.15) is 18.0 Å². The molecule has 0 bridgehead atoms. The largest absolute Gasteiger partial charge is 0.491 e. The number of benzene rings is 2. The van der Waals surface area contributed by atoms with Gasteiger partial charge in [0.15, 0.2) is 11.6 Å². The van der Waals surface area contributed by atoms with E-state index in [1.807, 2.05) is 51.1 Å². The van der Waals surface area contributed by atoms with Crippen molar-refractivity contribution < 1.29 is 28.2 Å². The van der Waals surface area contributed by atoms with Gasteiger partial charge in [0.05, 0.1) is 19.3 Å². The Labute approximate surface area is 187 Å². The molecule has 1 saturated heterocycles. The van der Waals surface area contributed by atoms with Crippen molar-refractivity contribution in [3.05, 3.63) is 59.7 Å². The van der Waals surface area contributed by atoms with Gasteiger partial charge in [0.25, 0.3) is 0 Å². The van der Waals surface area contributed by atoms with Crippen molar-refractivity contribution in [1.82, 2.24) is 4.90 Å². The van der Waals surface area contributed by atoms with Gasteiger partial charge in [-0.2, -0.15) is 0 Å². The second-order valence-corrected chi connectivity index (χ2v) is 8.93. The molecular weight excluding hydrogens is 418 g/mol. The second kappa shape index (κ2) is 10.2. The Balaban J connectivity index is 1.61. The number of ether oxygens (including phenoxy) is 2. The highest BCUT2D eigenvalue weighted by molar-refractivity contribution is 5.66. The van der Waals surface area contributed by atoms with Gasteiger partial charge in [-0.25, -0.2) is 13.6 Å². The van der Waals surface area contributed by atoms with Crippen molar-refractivity contribution in [1.29, 1.82) is 0 Å². The lowest BCUT2D eigenvalue weighted by atomic mass is 9.84. The average Bonchev–Trinajstić information content (AvgIpc) is 2.73. The molecule has 0 aliphatic carbocycles. The number of carbonyl (C=O) groups is 1. The van der Waals surface area contributed by atoms with E-state index >= 15 is 0 Å². The van der Waals surface area contributed by atoms with E-state index in [9.17, 15) is 18.7 Å². The Hall–Kier alpha value is -2.87. The molecule has 8 heteroatoms. The number of piperazine rings is 1. The molecule has 0 radical (unpaired) electrons. The summed E-state index contributed by atoms with van der Waals surface area (Å²) in [5, 5.41) is 9.49. The Kier molecular flexibility index (Phi) is 7.56. The number of hydrogen-bond donors (Lipinski definition) is 1. The van der Waals surface area contributed by atoms with Crippen molar-refractivity contribution in [2.24, 2.45) is 5.41 Å². The number of rotatable bonds is 7. The van der Waals surface area contributed by atoms with Gasteiger partial charge < -0.3 is 24.4 Å². The number of hydrogen-bond acceptors (Lipinski definition) is 4. The van der Waals surface area contributed by atoms with Crippen LogP contribution in [0.1, 0.15) is 26.3 Å². The highest BCUT2D eigenvalue weighted by Crippen LogP contribution is 2.34. The monoisotopic (exact) mass is 448 g/mol. The van der Waals surface area contributed by atoms with Gasteiger partial charge >= 0.3 is 6.09 Å². The second-order valence-electron chi connectivity index (χ2n) is 8.93. The lowest BCUT2D eigenvalue weighted by molar-refractivity contribution is 0.0745. The molecule has 1 amide bonds. The number of halogens is 2. The van der Waals surface area contributed by atoms with Crippen LogP contribution in [0.15, 0.2) is 42.5 Å². The van der Waals surface area contributed by atoms with Crippen LogP contribution in [0, 0.1) is 17.0 Å². The maximum Gasteiger partial charge on any atom is 0.407 e. The zero-order chi connectivity index (χ0) is 23.3. The number of carboxylic acid groups (broad SMARTS) is 1. The first kappa shape index (κ1) is 23.8. The first-order chi connectivity index (χ1) is 15.2. The molecule has 6 nitrogen and oxygen atoms in total. The molecule has 2 aromatic rings. The normalized spacial score (nSPS) is 16.8. The Morgan fingerprint density at radius 2 is 1.75 bits per heavy atom. The van der Waals surface area contributed by atoms with Crippen LogP contribution in [0.5, 0.6) is 5.75 Å². The molecule has 32 heavy (non-hydrogen) atoms. The van der Waals surface area contributed by atoms with Crippen LogP contribution in [0.3, 0.4) is 0 Å². The fourth-order valence-electron chi connectivity index (χ4n) is 3.87. The van der Waals surface area contributed by atoms with E-state index in [0.717, 1.165) is 17.7 Å². The minimum atomic E-state index is -1.02. The predicted octanol–water partition coefficient (Wildman–Crippen LogP) is 4.78. The van der Waals surface area contributed by atoms with Gasteiger partial charge in [-0.05, 0) is 11.0 Å². The zero-order valence-electron chi connectivity index (χ0n) is 18.7. The van der Waals surface area contributed by atoms with Crippen LogP contribution in [0.4, 0.5) is 19.3 Å². The van der Waals surface area contributed by atoms with Crippen LogP contribution in [-0.4, -0.2) is 55.0 Å². The summed E-state index contributed by atoms with van der Waals surface area (Å²) in [7, 11) is 0. The quantitative estimate of drug-likeness (QED) is 0.618. The van der Waals surface area contributed by atoms with Crippen molar-refractivity contribution in [2.75, 3.05) is 37.7 Å². The molecule has 1 atom stereocenters. The molecule has 3 rings (SSSR count). The standard InChI is InChI=1S/C24H30F2N2O4/c1-24(2,3)21-15-27(9-10-28(21)23(29)30)22-19(25)13-18(14-20(22)26)32-12-11-31-16-17-7-5-4-6-8-17/h4-8,13-14,21H,9-12,15-16H2,1-3H3,(H,29,30). The SMILES string of the molecule is CC(C)(C)C1CN(c2c(F)cc(OCCOCc3ccccc3)cc2F)CCN1C(=O)O. The zero-order valence-corrected chi connectivity index (χ0v) is 18.7. The van der Waals surface area contributed by atoms with E-state index in [4.69, 9.17) is 9.47 Å². The highest BCUT2D eigenvalue weighted by Gasteiger charge is 2.39. The summed E-state index contributed by atoms with van der Waals surface area (Å²) in [6.07, 6.45) is -1.02. The molecule has 2 aromatic carbocycles. The Morgan fingerprint density at radius 3 is 2.34 bits per heavy atom. The highest BCUT2D eigenvalue weighted by atomic mass is 19.1. The fourth-order valence-corrected chi connectivity index (χ4v) is 3.87. The summed E-state index contributed by atoms with van der Waals surface area (Å²) in [5.41, 5.74) is 0.495. The van der Waals surface area contributed by atoms with Crippen LogP contribution >= 0.6 is 0 Å². The molecule has 0 saturated carbocycles. The smallest absolute Gasteiger partial charge is 0.407 e. The predicted molar refractivity (Wildman–Crippen MR) is 118 cm³/mol. The van der Waals surface area contributed by atoms with E-state index < -0.39 is 23.8 Å². The Bertz CT molecular complexity index is 895. The molecule has 1 fully saturated rings. The molecule has 1 aliphatic rings. The van der Waals surface area contributed by atoms with Gasteiger partial charge in [-0.15, -0.1) is 0 Å². The van der Waals surface area contributed by atoms with Crippen LogP contribution < -0.4 is 9.64 Å². The van der Waals surface area contributed by atoms with Crippen molar-refractivity contribution >= 4 is 11.8 Å². The van der Waals surface area contributed by atoms with Crippen molar-refractivity contribution in [3.63, 3.8) is 0 Å². The topological polar surface area (TPSA) is 62.2 Å². The average molecular weight is 449 g/mol. The first-order valence-corrected chi connectivity index (χ1v) is 10.6. The van der Waals surface area contributed by atoms with Gasteiger partial charge in [-0.3, -0.25) is 0 Å². The van der Waals surface area contributed by atoms with Crippen molar-refractivity contribution in [3.8, 4) is 5.75 Å². The molecule has 1 heterocycles. The molecular formula is C24H30F2N2O4. The van der Waals surface area contributed by atoms with E-state index in [1.54, 1.807) is 4.90 Å². The fraction of sp³-hybridized carbons (Fsp3) is 0.458. The van der Waals surface area contributed by atoms with Crippen LogP contribution in [0.2, 0.25) is 0 Å². The lowest BCUT2D eigenvalue weighted by Gasteiger charge is -2.46. The maximum atomic E-state index is 14.8. The van der Waals surface area contributed by atoms with Gasteiger partial charge in [-0.1, -0.05) is 51.1 Å². The number of anilines is 1.